The molecule has 2 aromatic carbocycles. The molecule has 8 heteroatoms. The van der Waals surface area contributed by atoms with Crippen molar-refractivity contribution in [3.8, 4) is 11.5 Å². The molecule has 0 amide bonds. The molecule has 0 heterocycles. The standard InChI is InChI=1S/C20H25N5O3/c1-14(20(24-26)22-16-7-9-17(10-8-16)25(2)3)23-21-13-15-6-11-18(27-4)12-19(15)28-5/h6-13,26H,1-5H3,(H,22,24). The van der Waals surface area contributed by atoms with Gasteiger partial charge in [0.15, 0.2) is 5.84 Å². The minimum atomic E-state index is 0.205. The Balaban J connectivity index is 2.19. The van der Waals surface area contributed by atoms with E-state index in [2.05, 4.69) is 20.7 Å². The lowest BCUT2D eigenvalue weighted by Crippen LogP contribution is -2.26. The average Bonchev–Trinajstić information content (AvgIpc) is 2.72. The van der Waals surface area contributed by atoms with Crippen LogP contribution in [0.2, 0.25) is 0 Å². The summed E-state index contributed by atoms with van der Waals surface area (Å²) in [4.78, 5) is 6.34. The Hall–Kier alpha value is -3.39. The van der Waals surface area contributed by atoms with Crippen molar-refractivity contribution in [2.75, 3.05) is 33.2 Å². The fourth-order valence-corrected chi connectivity index (χ4v) is 2.29. The number of amidine groups is 1. The van der Waals surface area contributed by atoms with E-state index in [4.69, 9.17) is 9.47 Å². The number of hydrogen-bond acceptors (Lipinski definition) is 7. The van der Waals surface area contributed by atoms with E-state index in [9.17, 15) is 5.21 Å². The quantitative estimate of drug-likeness (QED) is 0.435. The van der Waals surface area contributed by atoms with Crippen LogP contribution in [-0.2, 0) is 0 Å². The minimum absolute atomic E-state index is 0.205. The molecule has 0 fully saturated rings. The largest absolute Gasteiger partial charge is 0.497 e. The first-order valence-corrected chi connectivity index (χ1v) is 8.54. The molecule has 2 rings (SSSR count). The normalized spacial score (nSPS) is 12.2. The summed E-state index contributed by atoms with van der Waals surface area (Å²) in [6, 6.07) is 13.0. The zero-order valence-electron chi connectivity index (χ0n) is 16.7. The van der Waals surface area contributed by atoms with Crippen molar-refractivity contribution < 1.29 is 14.7 Å². The predicted molar refractivity (Wildman–Crippen MR) is 113 cm³/mol. The van der Waals surface area contributed by atoms with Crippen molar-refractivity contribution in [2.24, 2.45) is 15.2 Å². The highest BCUT2D eigenvalue weighted by Gasteiger charge is 2.05. The number of anilines is 1. The Morgan fingerprint density at radius 2 is 1.79 bits per heavy atom. The first-order valence-electron chi connectivity index (χ1n) is 8.54. The Labute approximate surface area is 164 Å². The molecule has 8 nitrogen and oxygen atoms in total. The molecule has 0 saturated carbocycles. The summed E-state index contributed by atoms with van der Waals surface area (Å²) in [5.74, 6) is 1.51. The molecular weight excluding hydrogens is 358 g/mol. The second-order valence-electron chi connectivity index (χ2n) is 6.02. The van der Waals surface area contributed by atoms with Crippen molar-refractivity contribution in [3.63, 3.8) is 0 Å². The van der Waals surface area contributed by atoms with Crippen LogP contribution in [0.25, 0.3) is 0 Å². The summed E-state index contributed by atoms with van der Waals surface area (Å²) in [6.45, 7) is 1.69. The Kier molecular flexibility index (Phi) is 7.53. The van der Waals surface area contributed by atoms with E-state index in [1.807, 2.05) is 49.3 Å². The molecule has 0 aromatic heterocycles. The van der Waals surface area contributed by atoms with E-state index in [1.165, 1.54) is 0 Å². The van der Waals surface area contributed by atoms with Crippen LogP contribution >= 0.6 is 0 Å². The summed E-state index contributed by atoms with van der Waals surface area (Å²) < 4.78 is 10.5. The number of hydroxylamine groups is 1. The minimum Gasteiger partial charge on any atom is -0.497 e. The lowest BCUT2D eigenvalue weighted by Gasteiger charge is -2.12. The summed E-state index contributed by atoms with van der Waals surface area (Å²) in [7, 11) is 7.09. The van der Waals surface area contributed by atoms with E-state index < -0.39 is 0 Å². The van der Waals surface area contributed by atoms with Gasteiger partial charge in [0.2, 0.25) is 0 Å². The van der Waals surface area contributed by atoms with Crippen LogP contribution in [0, 0.1) is 0 Å². The fourth-order valence-electron chi connectivity index (χ4n) is 2.29. The lowest BCUT2D eigenvalue weighted by atomic mass is 10.2. The molecule has 0 unspecified atom stereocenters. The number of methoxy groups -OCH3 is 2. The van der Waals surface area contributed by atoms with Crippen LogP contribution in [-0.4, -0.2) is 51.3 Å². The maximum atomic E-state index is 9.40. The third kappa shape index (κ3) is 5.55. The number of aliphatic imine (C=N–C) groups is 1. The van der Waals surface area contributed by atoms with Gasteiger partial charge >= 0.3 is 0 Å². The highest BCUT2D eigenvalue weighted by molar-refractivity contribution is 6.40. The second kappa shape index (κ2) is 10.1. The number of nitrogens with zero attached hydrogens (tertiary/aromatic N) is 4. The molecule has 0 saturated heterocycles. The van der Waals surface area contributed by atoms with Gasteiger partial charge < -0.3 is 14.4 Å². The van der Waals surface area contributed by atoms with Crippen LogP contribution in [0.15, 0.2) is 57.7 Å². The van der Waals surface area contributed by atoms with Crippen LogP contribution in [0.4, 0.5) is 11.4 Å². The highest BCUT2D eigenvalue weighted by atomic mass is 16.5. The van der Waals surface area contributed by atoms with E-state index in [0.717, 1.165) is 11.3 Å². The maximum absolute atomic E-state index is 9.40. The summed E-state index contributed by atoms with van der Waals surface area (Å²) in [5, 5.41) is 17.5. The van der Waals surface area contributed by atoms with Crippen molar-refractivity contribution in [2.45, 2.75) is 6.92 Å². The highest BCUT2D eigenvalue weighted by Crippen LogP contribution is 2.23. The van der Waals surface area contributed by atoms with Crippen LogP contribution in [0.1, 0.15) is 12.5 Å². The Morgan fingerprint density at radius 1 is 1.07 bits per heavy atom. The van der Waals surface area contributed by atoms with E-state index in [1.54, 1.807) is 39.5 Å². The first-order chi connectivity index (χ1) is 13.5. The molecule has 0 spiro atoms. The topological polar surface area (TPSA) is 91.0 Å². The van der Waals surface area contributed by atoms with Crippen LogP contribution in [0.5, 0.6) is 11.5 Å². The zero-order valence-corrected chi connectivity index (χ0v) is 16.7. The predicted octanol–water partition coefficient (Wildman–Crippen LogP) is 3.27. The SMILES string of the molecule is COc1ccc(C=NN=C(C)C(=Nc2ccc(N(C)C)cc2)NO)c(OC)c1. The van der Waals surface area contributed by atoms with Crippen molar-refractivity contribution in [1.82, 2.24) is 5.48 Å². The molecule has 0 aliphatic carbocycles. The fraction of sp³-hybridized carbons (Fsp3) is 0.250. The number of hydrogen-bond donors (Lipinski definition) is 2. The van der Waals surface area contributed by atoms with Gasteiger partial charge in [0.25, 0.3) is 0 Å². The van der Waals surface area contributed by atoms with Gasteiger partial charge in [0.05, 0.1) is 26.1 Å². The van der Waals surface area contributed by atoms with Crippen LogP contribution in [0.3, 0.4) is 0 Å². The number of benzene rings is 2. The van der Waals surface area contributed by atoms with Crippen molar-refractivity contribution in [3.05, 3.63) is 48.0 Å². The third-order valence-electron chi connectivity index (χ3n) is 3.90. The van der Waals surface area contributed by atoms with Crippen molar-refractivity contribution in [1.29, 1.82) is 0 Å². The molecule has 2 N–H and O–H groups in total. The van der Waals surface area contributed by atoms with Gasteiger partial charge in [-0.1, -0.05) is 0 Å². The number of nitrogens with one attached hydrogen (secondary N) is 1. The molecule has 0 atom stereocenters. The van der Waals surface area contributed by atoms with E-state index >= 15 is 0 Å². The monoisotopic (exact) mass is 383 g/mol. The van der Waals surface area contributed by atoms with Gasteiger partial charge in [-0.05, 0) is 43.3 Å². The molecular formula is C20H25N5O3. The average molecular weight is 383 g/mol. The molecule has 28 heavy (non-hydrogen) atoms. The second-order valence-corrected chi connectivity index (χ2v) is 6.02. The Bertz CT molecular complexity index is 874. The third-order valence-corrected chi connectivity index (χ3v) is 3.90. The molecule has 148 valence electrons. The Morgan fingerprint density at radius 3 is 2.36 bits per heavy atom. The van der Waals surface area contributed by atoms with E-state index in [-0.39, 0.29) is 5.84 Å². The van der Waals surface area contributed by atoms with Gasteiger partial charge in [-0.2, -0.15) is 10.2 Å². The molecule has 0 bridgehead atoms. The summed E-state index contributed by atoms with van der Waals surface area (Å²) in [6.07, 6.45) is 1.56. The molecule has 2 aromatic rings. The molecule has 0 aliphatic rings. The zero-order chi connectivity index (χ0) is 20.5. The number of rotatable bonds is 7. The van der Waals surface area contributed by atoms with Crippen LogP contribution < -0.4 is 19.9 Å². The van der Waals surface area contributed by atoms with Gasteiger partial charge in [-0.15, -0.1) is 0 Å². The molecule has 0 aliphatic heterocycles. The number of ether oxygens (including phenoxy) is 2. The maximum Gasteiger partial charge on any atom is 0.173 e. The van der Waals surface area contributed by atoms with E-state index in [0.29, 0.717) is 22.9 Å². The van der Waals surface area contributed by atoms with Crippen molar-refractivity contribution >= 4 is 29.1 Å². The summed E-state index contributed by atoms with van der Waals surface area (Å²) in [5.41, 5.74) is 4.97. The smallest absolute Gasteiger partial charge is 0.173 e. The summed E-state index contributed by atoms with van der Waals surface area (Å²) >= 11 is 0. The first kappa shape index (κ1) is 20.9. The molecule has 0 radical (unpaired) electrons. The van der Waals surface area contributed by atoms with Gasteiger partial charge in [-0.25, -0.2) is 4.99 Å². The van der Waals surface area contributed by atoms with Gasteiger partial charge in [0.1, 0.15) is 17.2 Å². The van der Waals surface area contributed by atoms with Gasteiger partial charge in [0, 0.05) is 31.4 Å². The lowest BCUT2D eigenvalue weighted by molar-refractivity contribution is 0.236. The van der Waals surface area contributed by atoms with Gasteiger partial charge in [-0.3, -0.25) is 10.7 Å².